The number of hydrogen-bond donors (Lipinski definition) is 1. The van der Waals surface area contributed by atoms with Crippen LogP contribution in [-0.2, 0) is 4.74 Å². The molecule has 2 rings (SSSR count). The van der Waals surface area contributed by atoms with Crippen LogP contribution in [0.25, 0.3) is 0 Å². The van der Waals surface area contributed by atoms with E-state index in [2.05, 4.69) is 20.7 Å². The second-order valence-corrected chi connectivity index (χ2v) is 4.90. The predicted molar refractivity (Wildman–Crippen MR) is 73.0 cm³/mol. The quantitative estimate of drug-likeness (QED) is 0.880. The van der Waals surface area contributed by atoms with Crippen LogP contribution in [-0.4, -0.2) is 18.2 Å². The van der Waals surface area contributed by atoms with Gasteiger partial charge in [-0.25, -0.2) is 4.79 Å². The van der Waals surface area contributed by atoms with Gasteiger partial charge in [-0.3, -0.25) is 0 Å². The molecule has 0 radical (unpaired) electrons. The molecule has 0 aliphatic carbocycles. The first kappa shape index (κ1) is 13.8. The topological polar surface area (TPSA) is 59.7 Å². The zero-order valence-corrected chi connectivity index (χ0v) is 12.1. The van der Waals surface area contributed by atoms with E-state index < -0.39 is 12.1 Å². The van der Waals surface area contributed by atoms with Crippen molar-refractivity contribution in [3.8, 4) is 0 Å². The molecule has 4 nitrogen and oxygen atoms in total. The lowest BCUT2D eigenvalue weighted by Crippen LogP contribution is -2.02. The highest BCUT2D eigenvalue weighted by Crippen LogP contribution is 2.29. The molecule has 19 heavy (non-hydrogen) atoms. The third-order valence-corrected chi connectivity index (χ3v) is 3.75. The van der Waals surface area contributed by atoms with Crippen LogP contribution in [0.3, 0.4) is 0 Å². The minimum absolute atomic E-state index is 0.0733. The zero-order chi connectivity index (χ0) is 14.0. The Balaban J connectivity index is 2.34. The molecule has 0 fully saturated rings. The van der Waals surface area contributed by atoms with Gasteiger partial charge in [0.05, 0.1) is 7.11 Å². The number of rotatable bonds is 3. The summed E-state index contributed by atoms with van der Waals surface area (Å²) in [4.78, 5) is 11.3. The van der Waals surface area contributed by atoms with Crippen LogP contribution in [0.4, 0.5) is 0 Å². The second kappa shape index (κ2) is 5.59. The molecule has 1 unspecified atom stereocenters. The molecule has 1 N–H and O–H groups in total. The fraction of sp³-hybridized carbons (Fsp3) is 0.214. The number of carbonyl (C=O) groups excluding carboxylic acids is 1. The maximum absolute atomic E-state index is 11.3. The number of hydrogen-bond acceptors (Lipinski definition) is 4. The fourth-order valence-electron chi connectivity index (χ4n) is 1.78. The highest BCUT2D eigenvalue weighted by atomic mass is 79.9. The summed E-state index contributed by atoms with van der Waals surface area (Å²) in [6.45, 7) is 1.90. The molecule has 0 aliphatic rings. The van der Waals surface area contributed by atoms with Crippen molar-refractivity contribution in [1.82, 2.24) is 0 Å². The number of benzene rings is 1. The Morgan fingerprint density at radius 1 is 1.37 bits per heavy atom. The molecule has 1 heterocycles. The van der Waals surface area contributed by atoms with Crippen LogP contribution in [0.2, 0.25) is 0 Å². The SMILES string of the molecule is COC(=O)c1ccc(C(O)c2cccc(Br)c2C)o1. The van der Waals surface area contributed by atoms with Crippen molar-refractivity contribution in [3.63, 3.8) is 0 Å². The summed E-state index contributed by atoms with van der Waals surface area (Å²) in [7, 11) is 1.28. The van der Waals surface area contributed by atoms with Gasteiger partial charge in [-0.1, -0.05) is 28.1 Å². The molecule has 0 bridgehead atoms. The monoisotopic (exact) mass is 324 g/mol. The molecule has 1 aromatic heterocycles. The van der Waals surface area contributed by atoms with Crippen molar-refractivity contribution < 1.29 is 19.1 Å². The van der Waals surface area contributed by atoms with E-state index in [1.165, 1.54) is 13.2 Å². The fourth-order valence-corrected chi connectivity index (χ4v) is 2.17. The van der Waals surface area contributed by atoms with Gasteiger partial charge in [0.15, 0.2) is 0 Å². The van der Waals surface area contributed by atoms with Crippen LogP contribution >= 0.6 is 15.9 Å². The van der Waals surface area contributed by atoms with Gasteiger partial charge in [-0.15, -0.1) is 0 Å². The maximum Gasteiger partial charge on any atom is 0.373 e. The highest BCUT2D eigenvalue weighted by Gasteiger charge is 2.20. The molecular weight excluding hydrogens is 312 g/mol. The standard InChI is InChI=1S/C14H13BrO4/c1-8-9(4-3-5-10(8)15)13(16)11-6-7-12(19-11)14(17)18-2/h3-7,13,16H,1-2H3. The summed E-state index contributed by atoms with van der Waals surface area (Å²) >= 11 is 3.41. The molecule has 0 saturated heterocycles. The van der Waals surface area contributed by atoms with Crippen molar-refractivity contribution in [2.75, 3.05) is 7.11 Å². The first-order chi connectivity index (χ1) is 9.04. The smallest absolute Gasteiger partial charge is 0.373 e. The predicted octanol–water partition coefficient (Wildman–Crippen LogP) is 3.22. The number of aliphatic hydroxyl groups excluding tert-OH is 1. The first-order valence-electron chi connectivity index (χ1n) is 5.65. The zero-order valence-electron chi connectivity index (χ0n) is 10.5. The van der Waals surface area contributed by atoms with Crippen LogP contribution < -0.4 is 0 Å². The van der Waals surface area contributed by atoms with Crippen LogP contribution in [0, 0.1) is 6.92 Å². The van der Waals surface area contributed by atoms with Crippen LogP contribution in [0.1, 0.15) is 33.5 Å². The summed E-state index contributed by atoms with van der Waals surface area (Å²) in [6, 6.07) is 8.59. The largest absolute Gasteiger partial charge is 0.463 e. The van der Waals surface area contributed by atoms with E-state index in [-0.39, 0.29) is 5.76 Å². The Bertz CT molecular complexity index is 603. The number of carbonyl (C=O) groups is 1. The number of methoxy groups -OCH3 is 1. The van der Waals surface area contributed by atoms with Crippen molar-refractivity contribution in [1.29, 1.82) is 0 Å². The molecule has 0 saturated carbocycles. The van der Waals surface area contributed by atoms with Gasteiger partial charge in [0.1, 0.15) is 11.9 Å². The molecule has 1 atom stereocenters. The van der Waals surface area contributed by atoms with Crippen molar-refractivity contribution >= 4 is 21.9 Å². The van der Waals surface area contributed by atoms with Gasteiger partial charge in [-0.05, 0) is 36.2 Å². The van der Waals surface area contributed by atoms with Crippen molar-refractivity contribution in [2.24, 2.45) is 0 Å². The van der Waals surface area contributed by atoms with E-state index in [1.807, 2.05) is 25.1 Å². The molecule has 5 heteroatoms. The minimum Gasteiger partial charge on any atom is -0.463 e. The lowest BCUT2D eigenvalue weighted by Gasteiger charge is -2.12. The lowest BCUT2D eigenvalue weighted by molar-refractivity contribution is 0.0558. The van der Waals surface area contributed by atoms with Crippen molar-refractivity contribution in [2.45, 2.75) is 13.0 Å². The van der Waals surface area contributed by atoms with Gasteiger partial charge >= 0.3 is 5.97 Å². The maximum atomic E-state index is 11.3. The van der Waals surface area contributed by atoms with Crippen LogP contribution in [0.5, 0.6) is 0 Å². The highest BCUT2D eigenvalue weighted by molar-refractivity contribution is 9.10. The average Bonchev–Trinajstić information content (AvgIpc) is 2.90. The minimum atomic E-state index is -0.920. The molecule has 0 aliphatic heterocycles. The van der Waals surface area contributed by atoms with Crippen molar-refractivity contribution in [3.05, 3.63) is 57.5 Å². The van der Waals surface area contributed by atoms with Gasteiger partial charge < -0.3 is 14.3 Å². The summed E-state index contributed by atoms with van der Waals surface area (Å²) in [5.74, 6) is -0.185. The summed E-state index contributed by atoms with van der Waals surface area (Å²) in [5, 5.41) is 10.3. The van der Waals surface area contributed by atoms with E-state index in [4.69, 9.17) is 4.42 Å². The molecule has 0 spiro atoms. The van der Waals surface area contributed by atoms with Gasteiger partial charge in [-0.2, -0.15) is 0 Å². The normalized spacial score (nSPS) is 12.2. The van der Waals surface area contributed by atoms with E-state index in [0.29, 0.717) is 5.76 Å². The third-order valence-electron chi connectivity index (χ3n) is 2.89. The Labute approximate surface area is 119 Å². The van der Waals surface area contributed by atoms with E-state index in [0.717, 1.165) is 15.6 Å². The number of ether oxygens (including phenoxy) is 1. The van der Waals surface area contributed by atoms with Gasteiger partial charge in [0, 0.05) is 4.47 Å². The van der Waals surface area contributed by atoms with Crippen LogP contribution in [0.15, 0.2) is 39.2 Å². The number of aliphatic hydroxyl groups is 1. The Hall–Kier alpha value is -1.59. The van der Waals surface area contributed by atoms with E-state index >= 15 is 0 Å². The molecule has 2 aromatic rings. The molecule has 1 aromatic carbocycles. The Kier molecular flexibility index (Phi) is 4.07. The Morgan fingerprint density at radius 2 is 2.11 bits per heavy atom. The van der Waals surface area contributed by atoms with E-state index in [1.54, 1.807) is 6.07 Å². The molecule has 0 amide bonds. The lowest BCUT2D eigenvalue weighted by atomic mass is 10.0. The number of esters is 1. The van der Waals surface area contributed by atoms with Gasteiger partial charge in [0.25, 0.3) is 0 Å². The van der Waals surface area contributed by atoms with E-state index in [9.17, 15) is 9.90 Å². The third kappa shape index (κ3) is 2.72. The molecule has 100 valence electrons. The van der Waals surface area contributed by atoms with Gasteiger partial charge in [0.2, 0.25) is 5.76 Å². The summed E-state index contributed by atoms with van der Waals surface area (Å²) in [5.41, 5.74) is 1.64. The molecular formula is C14H13BrO4. The summed E-state index contributed by atoms with van der Waals surface area (Å²) < 4.78 is 10.8. The first-order valence-corrected chi connectivity index (χ1v) is 6.45. The number of halogens is 1. The average molecular weight is 325 g/mol. The Morgan fingerprint density at radius 3 is 2.79 bits per heavy atom. The summed E-state index contributed by atoms with van der Waals surface area (Å²) in [6.07, 6.45) is -0.920. The number of furan rings is 1. The second-order valence-electron chi connectivity index (χ2n) is 4.05.